The molecule has 0 aliphatic carbocycles. The zero-order valence-corrected chi connectivity index (χ0v) is 11.1. The van der Waals surface area contributed by atoms with Gasteiger partial charge in [-0.05, 0) is 12.1 Å². The van der Waals surface area contributed by atoms with E-state index in [1.807, 2.05) is 36.4 Å². The Morgan fingerprint density at radius 2 is 1.90 bits per heavy atom. The molecular weight excluding hydrogens is 250 g/mol. The Kier molecular flexibility index (Phi) is 3.26. The van der Waals surface area contributed by atoms with Gasteiger partial charge in [0.1, 0.15) is 0 Å². The lowest BCUT2D eigenvalue weighted by Crippen LogP contribution is -2.28. The maximum absolute atomic E-state index is 11.4. The van der Waals surface area contributed by atoms with Crippen molar-refractivity contribution < 1.29 is 4.79 Å². The van der Waals surface area contributed by atoms with E-state index in [0.29, 0.717) is 25.1 Å². The first-order chi connectivity index (χ1) is 9.79. The first kappa shape index (κ1) is 12.5. The van der Waals surface area contributed by atoms with Gasteiger partial charge in [0.25, 0.3) is 0 Å². The predicted molar refractivity (Wildman–Crippen MR) is 78.5 cm³/mol. The standard InChI is InChI=1S/C16H15N3O/c17-11-12-5-6-15(14-4-2-1-3-13(12)14)19-9-7-16(20)18-8-10-19/h1-6H,7-10H2,(H,18,20). The molecule has 20 heavy (non-hydrogen) atoms. The Morgan fingerprint density at radius 3 is 2.70 bits per heavy atom. The van der Waals surface area contributed by atoms with Crippen molar-refractivity contribution in [2.45, 2.75) is 6.42 Å². The second-order valence-electron chi connectivity index (χ2n) is 4.88. The Balaban J connectivity index is 2.08. The van der Waals surface area contributed by atoms with Crippen LogP contribution < -0.4 is 10.2 Å². The fourth-order valence-corrected chi connectivity index (χ4v) is 2.66. The van der Waals surface area contributed by atoms with Crippen LogP contribution in [0.3, 0.4) is 0 Å². The minimum Gasteiger partial charge on any atom is -0.369 e. The van der Waals surface area contributed by atoms with Gasteiger partial charge in [0.15, 0.2) is 0 Å². The van der Waals surface area contributed by atoms with E-state index in [1.54, 1.807) is 0 Å². The third kappa shape index (κ3) is 2.19. The normalized spacial score (nSPS) is 15.6. The highest BCUT2D eigenvalue weighted by Gasteiger charge is 2.16. The molecule has 0 atom stereocenters. The summed E-state index contributed by atoms with van der Waals surface area (Å²) in [5, 5.41) is 14.1. The molecule has 2 aromatic carbocycles. The van der Waals surface area contributed by atoms with Crippen LogP contribution in [-0.4, -0.2) is 25.5 Å². The highest BCUT2D eigenvalue weighted by atomic mass is 16.1. The van der Waals surface area contributed by atoms with Crippen molar-refractivity contribution >= 4 is 22.4 Å². The number of rotatable bonds is 1. The lowest BCUT2D eigenvalue weighted by Gasteiger charge is -2.24. The van der Waals surface area contributed by atoms with E-state index in [4.69, 9.17) is 0 Å². The number of hydrogen-bond acceptors (Lipinski definition) is 3. The summed E-state index contributed by atoms with van der Waals surface area (Å²) in [4.78, 5) is 13.7. The second kappa shape index (κ2) is 5.22. The Labute approximate surface area is 117 Å². The van der Waals surface area contributed by atoms with Gasteiger partial charge in [-0.3, -0.25) is 4.79 Å². The number of hydrogen-bond donors (Lipinski definition) is 1. The molecule has 1 aliphatic rings. The third-order valence-corrected chi connectivity index (χ3v) is 3.67. The molecule has 0 aromatic heterocycles. The van der Waals surface area contributed by atoms with Gasteiger partial charge < -0.3 is 10.2 Å². The van der Waals surface area contributed by atoms with Crippen molar-refractivity contribution in [2.75, 3.05) is 24.5 Å². The molecule has 1 fully saturated rings. The van der Waals surface area contributed by atoms with Gasteiger partial charge in [0.2, 0.25) is 5.91 Å². The largest absolute Gasteiger partial charge is 0.369 e. The summed E-state index contributed by atoms with van der Waals surface area (Å²) in [7, 11) is 0. The van der Waals surface area contributed by atoms with E-state index >= 15 is 0 Å². The SMILES string of the molecule is N#Cc1ccc(N2CCNC(=O)CC2)c2ccccc12. The van der Waals surface area contributed by atoms with Crippen LogP contribution in [0, 0.1) is 11.3 Å². The third-order valence-electron chi connectivity index (χ3n) is 3.67. The Hall–Kier alpha value is -2.54. The van der Waals surface area contributed by atoms with Crippen LogP contribution in [0.25, 0.3) is 10.8 Å². The fourth-order valence-electron chi connectivity index (χ4n) is 2.66. The lowest BCUT2D eigenvalue weighted by molar-refractivity contribution is -0.120. The smallest absolute Gasteiger partial charge is 0.221 e. The molecule has 1 saturated heterocycles. The average molecular weight is 265 g/mol. The number of amides is 1. The van der Waals surface area contributed by atoms with Crippen LogP contribution in [0.15, 0.2) is 36.4 Å². The molecule has 4 heteroatoms. The molecule has 1 N–H and O–H groups in total. The number of fused-ring (bicyclic) bond motifs is 1. The first-order valence-electron chi connectivity index (χ1n) is 6.73. The number of nitrogens with zero attached hydrogens (tertiary/aromatic N) is 2. The maximum atomic E-state index is 11.4. The van der Waals surface area contributed by atoms with Gasteiger partial charge in [-0.1, -0.05) is 24.3 Å². The summed E-state index contributed by atoms with van der Waals surface area (Å²) < 4.78 is 0. The predicted octanol–water partition coefficient (Wildman–Crippen LogP) is 2.04. The molecule has 100 valence electrons. The molecular formula is C16H15N3O. The molecule has 1 amide bonds. The van der Waals surface area contributed by atoms with Crippen LogP contribution in [-0.2, 0) is 4.79 Å². The number of nitrogens with one attached hydrogen (secondary N) is 1. The van der Waals surface area contributed by atoms with Gasteiger partial charge >= 0.3 is 0 Å². The van der Waals surface area contributed by atoms with Gasteiger partial charge in [0.05, 0.1) is 11.6 Å². The van der Waals surface area contributed by atoms with Crippen molar-refractivity contribution in [1.82, 2.24) is 5.32 Å². The molecule has 1 heterocycles. The van der Waals surface area contributed by atoms with Crippen LogP contribution >= 0.6 is 0 Å². The minimum absolute atomic E-state index is 0.102. The summed E-state index contributed by atoms with van der Waals surface area (Å²) in [5.41, 5.74) is 1.78. The number of nitriles is 1. The number of anilines is 1. The highest BCUT2D eigenvalue weighted by molar-refractivity contribution is 5.98. The van der Waals surface area contributed by atoms with E-state index in [-0.39, 0.29) is 5.91 Å². The molecule has 0 unspecified atom stereocenters. The van der Waals surface area contributed by atoms with E-state index in [9.17, 15) is 10.1 Å². The summed E-state index contributed by atoms with van der Waals surface area (Å²) in [6.45, 7) is 2.16. The quantitative estimate of drug-likeness (QED) is 0.858. The highest BCUT2D eigenvalue weighted by Crippen LogP contribution is 2.29. The lowest BCUT2D eigenvalue weighted by atomic mass is 10.0. The van der Waals surface area contributed by atoms with E-state index < -0.39 is 0 Å². The summed E-state index contributed by atoms with van der Waals surface area (Å²) >= 11 is 0. The molecule has 0 radical (unpaired) electrons. The number of benzene rings is 2. The maximum Gasteiger partial charge on any atom is 0.221 e. The fraction of sp³-hybridized carbons (Fsp3) is 0.250. The molecule has 2 aromatic rings. The zero-order valence-electron chi connectivity index (χ0n) is 11.1. The van der Waals surface area contributed by atoms with Gasteiger partial charge in [0, 0.05) is 42.5 Å². The average Bonchev–Trinajstić information content (AvgIpc) is 2.71. The molecule has 1 aliphatic heterocycles. The van der Waals surface area contributed by atoms with Gasteiger partial charge in [-0.25, -0.2) is 0 Å². The summed E-state index contributed by atoms with van der Waals surface area (Å²) in [6, 6.07) is 14.0. The van der Waals surface area contributed by atoms with Crippen molar-refractivity contribution in [2.24, 2.45) is 0 Å². The van der Waals surface area contributed by atoms with Gasteiger partial charge in [-0.2, -0.15) is 5.26 Å². The van der Waals surface area contributed by atoms with Crippen molar-refractivity contribution in [1.29, 1.82) is 5.26 Å². The molecule has 0 spiro atoms. The number of carbonyl (C=O) groups excluding carboxylic acids is 1. The molecule has 0 bridgehead atoms. The second-order valence-corrected chi connectivity index (χ2v) is 4.88. The molecule has 3 rings (SSSR count). The monoisotopic (exact) mass is 265 g/mol. The van der Waals surface area contributed by atoms with Crippen molar-refractivity contribution in [3.05, 3.63) is 42.0 Å². The van der Waals surface area contributed by atoms with Crippen LogP contribution in [0.5, 0.6) is 0 Å². The van der Waals surface area contributed by atoms with Gasteiger partial charge in [-0.15, -0.1) is 0 Å². The van der Waals surface area contributed by atoms with Crippen LogP contribution in [0.1, 0.15) is 12.0 Å². The van der Waals surface area contributed by atoms with E-state index in [1.165, 1.54) is 0 Å². The van der Waals surface area contributed by atoms with E-state index in [2.05, 4.69) is 16.3 Å². The molecule has 4 nitrogen and oxygen atoms in total. The first-order valence-corrected chi connectivity index (χ1v) is 6.73. The Morgan fingerprint density at radius 1 is 1.10 bits per heavy atom. The van der Waals surface area contributed by atoms with Crippen molar-refractivity contribution in [3.8, 4) is 6.07 Å². The van der Waals surface area contributed by atoms with Crippen molar-refractivity contribution in [3.63, 3.8) is 0 Å². The number of carbonyl (C=O) groups is 1. The summed E-state index contributed by atoms with van der Waals surface area (Å²) in [5.74, 6) is 0.102. The van der Waals surface area contributed by atoms with E-state index in [0.717, 1.165) is 23.0 Å². The Bertz CT molecular complexity index is 702. The zero-order chi connectivity index (χ0) is 13.9. The molecule has 0 saturated carbocycles. The topological polar surface area (TPSA) is 56.1 Å². The van der Waals surface area contributed by atoms with Crippen LogP contribution in [0.2, 0.25) is 0 Å². The summed E-state index contributed by atoms with van der Waals surface area (Å²) in [6.07, 6.45) is 0.508. The van der Waals surface area contributed by atoms with Crippen LogP contribution in [0.4, 0.5) is 5.69 Å². The minimum atomic E-state index is 0.102.